The summed E-state index contributed by atoms with van der Waals surface area (Å²) >= 11 is 1.77. The van der Waals surface area contributed by atoms with Crippen LogP contribution in [0.4, 0.5) is 0 Å². The minimum atomic E-state index is -0.493. The Bertz CT molecular complexity index is 660. The van der Waals surface area contributed by atoms with Gasteiger partial charge in [0.05, 0.1) is 0 Å². The van der Waals surface area contributed by atoms with E-state index in [2.05, 4.69) is 17.4 Å². The second-order valence-electron chi connectivity index (χ2n) is 5.04. The highest BCUT2D eigenvalue weighted by molar-refractivity contribution is 7.99. The summed E-state index contributed by atoms with van der Waals surface area (Å²) in [6.07, 6.45) is 0.888. The third kappa shape index (κ3) is 6.34. The van der Waals surface area contributed by atoms with Crippen LogP contribution in [0.25, 0.3) is 0 Å². The molecule has 126 valence electrons. The molecule has 0 saturated carbocycles. The summed E-state index contributed by atoms with van der Waals surface area (Å²) in [5, 5.41) is 2.82. The Kier molecular flexibility index (Phi) is 7.17. The maximum Gasteiger partial charge on any atom is 0.257 e. The van der Waals surface area contributed by atoms with Crippen molar-refractivity contribution in [1.82, 2.24) is 5.32 Å². The van der Waals surface area contributed by atoms with Crippen molar-refractivity contribution in [3.8, 4) is 5.75 Å². The van der Waals surface area contributed by atoms with Gasteiger partial charge in [0.25, 0.3) is 5.91 Å². The van der Waals surface area contributed by atoms with Crippen LogP contribution in [-0.4, -0.2) is 30.7 Å². The largest absolute Gasteiger partial charge is 0.484 e. The van der Waals surface area contributed by atoms with Crippen molar-refractivity contribution in [2.45, 2.75) is 11.3 Å². The smallest absolute Gasteiger partial charge is 0.257 e. The predicted octanol–water partition coefficient (Wildman–Crippen LogP) is 2.46. The van der Waals surface area contributed by atoms with Gasteiger partial charge >= 0.3 is 0 Å². The van der Waals surface area contributed by atoms with Crippen LogP contribution >= 0.6 is 11.8 Å². The first-order valence-electron chi connectivity index (χ1n) is 7.62. The standard InChI is InChI=1S/C18H20N2O3S/c19-18(22)14-7-9-15(10-8-14)23-13-17(21)20-11-4-12-24-16-5-2-1-3-6-16/h1-3,5-10H,4,11-13H2,(H2,19,22)(H,20,21). The van der Waals surface area contributed by atoms with Crippen LogP contribution in [0.3, 0.4) is 0 Å². The Morgan fingerprint density at radius 3 is 2.42 bits per heavy atom. The van der Waals surface area contributed by atoms with Gasteiger partial charge in [0.1, 0.15) is 5.75 Å². The lowest BCUT2D eigenvalue weighted by atomic mass is 10.2. The molecular formula is C18H20N2O3S. The molecule has 0 spiro atoms. The van der Waals surface area contributed by atoms with E-state index in [4.69, 9.17) is 10.5 Å². The minimum absolute atomic E-state index is 0.0538. The SMILES string of the molecule is NC(=O)c1ccc(OCC(=O)NCCCSc2ccccc2)cc1. The van der Waals surface area contributed by atoms with Crippen LogP contribution in [0.2, 0.25) is 0 Å². The summed E-state index contributed by atoms with van der Waals surface area (Å²) in [6.45, 7) is 0.560. The van der Waals surface area contributed by atoms with E-state index in [1.54, 1.807) is 36.0 Å². The quantitative estimate of drug-likeness (QED) is 0.541. The number of carbonyl (C=O) groups excluding carboxylic acids is 2. The number of hydrogen-bond donors (Lipinski definition) is 2. The Balaban J connectivity index is 1.59. The van der Waals surface area contributed by atoms with E-state index in [1.807, 2.05) is 18.2 Å². The Morgan fingerprint density at radius 2 is 1.75 bits per heavy atom. The van der Waals surface area contributed by atoms with E-state index < -0.39 is 5.91 Å². The van der Waals surface area contributed by atoms with E-state index in [1.165, 1.54) is 4.90 Å². The lowest BCUT2D eigenvalue weighted by molar-refractivity contribution is -0.123. The Labute approximate surface area is 145 Å². The summed E-state index contributed by atoms with van der Waals surface area (Å²) in [7, 11) is 0. The lowest BCUT2D eigenvalue weighted by Crippen LogP contribution is -2.29. The molecule has 0 radical (unpaired) electrons. The fourth-order valence-electron chi connectivity index (χ4n) is 1.92. The molecule has 0 aliphatic heterocycles. The maximum atomic E-state index is 11.7. The molecule has 0 unspecified atom stereocenters. The number of ether oxygens (including phenoxy) is 1. The predicted molar refractivity (Wildman–Crippen MR) is 95.2 cm³/mol. The van der Waals surface area contributed by atoms with Crippen molar-refractivity contribution in [2.24, 2.45) is 5.73 Å². The molecule has 5 nitrogen and oxygen atoms in total. The van der Waals surface area contributed by atoms with Crippen molar-refractivity contribution in [2.75, 3.05) is 18.9 Å². The zero-order valence-corrected chi connectivity index (χ0v) is 14.1. The van der Waals surface area contributed by atoms with Crippen LogP contribution in [0.15, 0.2) is 59.5 Å². The van der Waals surface area contributed by atoms with Crippen molar-refractivity contribution in [1.29, 1.82) is 0 Å². The molecule has 0 aromatic heterocycles. The van der Waals surface area contributed by atoms with E-state index in [0.717, 1.165) is 12.2 Å². The summed E-state index contributed by atoms with van der Waals surface area (Å²) in [6, 6.07) is 16.5. The van der Waals surface area contributed by atoms with Gasteiger partial charge in [0, 0.05) is 17.0 Å². The van der Waals surface area contributed by atoms with Gasteiger partial charge in [-0.3, -0.25) is 9.59 Å². The van der Waals surface area contributed by atoms with Crippen molar-refractivity contribution in [3.05, 3.63) is 60.2 Å². The van der Waals surface area contributed by atoms with Gasteiger partial charge in [-0.05, 0) is 48.6 Å². The highest BCUT2D eigenvalue weighted by Crippen LogP contribution is 2.17. The second kappa shape index (κ2) is 9.62. The monoisotopic (exact) mass is 344 g/mol. The Hall–Kier alpha value is -2.47. The third-order valence-corrected chi connectivity index (χ3v) is 4.26. The van der Waals surface area contributed by atoms with E-state index in [0.29, 0.717) is 17.9 Å². The highest BCUT2D eigenvalue weighted by atomic mass is 32.2. The minimum Gasteiger partial charge on any atom is -0.484 e. The van der Waals surface area contributed by atoms with Gasteiger partial charge in [-0.25, -0.2) is 0 Å². The number of thioether (sulfide) groups is 1. The molecule has 0 aliphatic carbocycles. The Morgan fingerprint density at radius 1 is 1.04 bits per heavy atom. The highest BCUT2D eigenvalue weighted by Gasteiger charge is 2.04. The molecule has 0 bridgehead atoms. The first-order valence-corrected chi connectivity index (χ1v) is 8.61. The molecule has 0 saturated heterocycles. The van der Waals surface area contributed by atoms with Gasteiger partial charge < -0.3 is 15.8 Å². The first-order chi connectivity index (χ1) is 11.6. The lowest BCUT2D eigenvalue weighted by Gasteiger charge is -2.08. The normalized spacial score (nSPS) is 10.2. The van der Waals surface area contributed by atoms with E-state index in [9.17, 15) is 9.59 Å². The van der Waals surface area contributed by atoms with Crippen molar-refractivity contribution in [3.63, 3.8) is 0 Å². The molecule has 0 aliphatic rings. The number of primary amides is 1. The number of hydrogen-bond acceptors (Lipinski definition) is 4. The molecule has 0 fully saturated rings. The van der Waals surface area contributed by atoms with Gasteiger partial charge in [-0.1, -0.05) is 18.2 Å². The van der Waals surface area contributed by atoms with E-state index >= 15 is 0 Å². The maximum absolute atomic E-state index is 11.7. The molecule has 0 atom stereocenters. The first kappa shape index (κ1) is 17.9. The van der Waals surface area contributed by atoms with Crippen LogP contribution in [-0.2, 0) is 4.79 Å². The van der Waals surface area contributed by atoms with Gasteiger partial charge in [0.15, 0.2) is 6.61 Å². The molecule has 3 N–H and O–H groups in total. The fourth-order valence-corrected chi connectivity index (χ4v) is 2.80. The molecule has 2 aromatic rings. The zero-order chi connectivity index (χ0) is 17.2. The van der Waals surface area contributed by atoms with Crippen molar-refractivity contribution >= 4 is 23.6 Å². The van der Waals surface area contributed by atoms with Crippen LogP contribution in [0.5, 0.6) is 5.75 Å². The second-order valence-corrected chi connectivity index (χ2v) is 6.21. The van der Waals surface area contributed by atoms with Gasteiger partial charge in [0.2, 0.25) is 5.91 Å². The summed E-state index contributed by atoms with van der Waals surface area (Å²) in [5.41, 5.74) is 5.56. The van der Waals surface area contributed by atoms with Gasteiger partial charge in [-0.2, -0.15) is 0 Å². The fraction of sp³-hybridized carbons (Fsp3) is 0.222. The summed E-state index contributed by atoms with van der Waals surface area (Å²) < 4.78 is 5.36. The summed E-state index contributed by atoms with van der Waals surface area (Å²) in [5.74, 6) is 0.806. The van der Waals surface area contributed by atoms with Crippen LogP contribution in [0, 0.1) is 0 Å². The molecule has 0 heterocycles. The average Bonchev–Trinajstić information content (AvgIpc) is 2.61. The number of nitrogens with one attached hydrogen (secondary N) is 1. The third-order valence-electron chi connectivity index (χ3n) is 3.16. The molecular weight excluding hydrogens is 324 g/mol. The van der Waals surface area contributed by atoms with Crippen LogP contribution in [0.1, 0.15) is 16.8 Å². The topological polar surface area (TPSA) is 81.4 Å². The van der Waals surface area contributed by atoms with E-state index in [-0.39, 0.29) is 12.5 Å². The van der Waals surface area contributed by atoms with Crippen LogP contribution < -0.4 is 15.8 Å². The summed E-state index contributed by atoms with van der Waals surface area (Å²) in [4.78, 5) is 23.9. The zero-order valence-electron chi connectivity index (χ0n) is 13.2. The average molecular weight is 344 g/mol. The molecule has 6 heteroatoms. The number of amides is 2. The van der Waals surface area contributed by atoms with Gasteiger partial charge in [-0.15, -0.1) is 11.8 Å². The van der Waals surface area contributed by atoms with Crippen molar-refractivity contribution < 1.29 is 14.3 Å². The molecule has 2 amide bonds. The molecule has 24 heavy (non-hydrogen) atoms. The molecule has 2 aromatic carbocycles. The number of carbonyl (C=O) groups is 2. The number of rotatable bonds is 9. The number of benzene rings is 2. The molecule has 2 rings (SSSR count). The number of nitrogens with two attached hydrogens (primary N) is 1.